The zero-order valence-electron chi connectivity index (χ0n) is 9.04. The summed E-state index contributed by atoms with van der Waals surface area (Å²) in [6.45, 7) is 0. The zero-order valence-corrected chi connectivity index (χ0v) is 9.04. The van der Waals surface area contributed by atoms with E-state index in [9.17, 15) is 23.8 Å². The van der Waals surface area contributed by atoms with Crippen molar-refractivity contribution in [1.82, 2.24) is 0 Å². The second kappa shape index (κ2) is 3.98. The van der Waals surface area contributed by atoms with Crippen LogP contribution in [0, 0.1) is 11.6 Å². The third-order valence-electron chi connectivity index (χ3n) is 3.42. The number of phenols is 1. The van der Waals surface area contributed by atoms with Gasteiger partial charge < -0.3 is 10.2 Å². The van der Waals surface area contributed by atoms with Crippen LogP contribution in [-0.2, 0) is 10.2 Å². The fourth-order valence-corrected chi connectivity index (χ4v) is 2.50. The molecule has 0 amide bonds. The molecule has 1 aromatic rings. The van der Waals surface area contributed by atoms with Gasteiger partial charge in [-0.1, -0.05) is 12.8 Å². The molecule has 0 unspecified atom stereocenters. The number of carboxylic acid groups (broad SMARTS) is 1. The highest BCUT2D eigenvalue weighted by Gasteiger charge is 2.45. The lowest BCUT2D eigenvalue weighted by molar-refractivity contribution is -0.143. The lowest BCUT2D eigenvalue weighted by Crippen LogP contribution is -2.32. The van der Waals surface area contributed by atoms with E-state index in [0.717, 1.165) is 6.07 Å². The molecule has 0 aromatic heterocycles. The summed E-state index contributed by atoms with van der Waals surface area (Å²) < 4.78 is 26.1. The highest BCUT2D eigenvalue weighted by molar-refractivity contribution is 5.82. The van der Waals surface area contributed by atoms with Crippen molar-refractivity contribution in [1.29, 1.82) is 0 Å². The Morgan fingerprint density at radius 3 is 2.24 bits per heavy atom. The molecule has 2 N–H and O–H groups in total. The van der Waals surface area contributed by atoms with E-state index in [-0.39, 0.29) is 5.56 Å². The standard InChI is InChI=1S/C12H12F2O3/c13-8-5-7(10(15)6-9(8)14)12(11(16)17)3-1-2-4-12/h5-6,15H,1-4H2,(H,16,17). The van der Waals surface area contributed by atoms with Gasteiger partial charge in [0.1, 0.15) is 5.75 Å². The summed E-state index contributed by atoms with van der Waals surface area (Å²) in [6.07, 6.45) is 2.07. The van der Waals surface area contributed by atoms with Crippen molar-refractivity contribution in [2.24, 2.45) is 0 Å². The molecule has 0 saturated heterocycles. The van der Waals surface area contributed by atoms with Crippen LogP contribution in [0.5, 0.6) is 5.75 Å². The normalized spacial score (nSPS) is 18.2. The molecular formula is C12H12F2O3. The van der Waals surface area contributed by atoms with Gasteiger partial charge in [0.25, 0.3) is 0 Å². The largest absolute Gasteiger partial charge is 0.508 e. The first-order chi connectivity index (χ1) is 7.97. The first-order valence-corrected chi connectivity index (χ1v) is 5.39. The Kier molecular flexibility index (Phi) is 2.77. The molecule has 0 radical (unpaired) electrons. The van der Waals surface area contributed by atoms with Gasteiger partial charge in [0, 0.05) is 11.6 Å². The Balaban J connectivity index is 2.58. The second-order valence-corrected chi connectivity index (χ2v) is 4.38. The number of carboxylic acids is 1. The maximum absolute atomic E-state index is 13.2. The van der Waals surface area contributed by atoms with E-state index in [2.05, 4.69) is 0 Å². The number of hydrogen-bond acceptors (Lipinski definition) is 2. The van der Waals surface area contributed by atoms with Crippen LogP contribution in [0.1, 0.15) is 31.2 Å². The molecule has 5 heteroatoms. The molecule has 17 heavy (non-hydrogen) atoms. The van der Waals surface area contributed by atoms with E-state index < -0.39 is 28.8 Å². The highest BCUT2D eigenvalue weighted by atomic mass is 19.2. The van der Waals surface area contributed by atoms with Gasteiger partial charge in [-0.25, -0.2) is 8.78 Å². The zero-order chi connectivity index (χ0) is 12.6. The molecule has 1 aliphatic rings. The van der Waals surface area contributed by atoms with Crippen LogP contribution >= 0.6 is 0 Å². The van der Waals surface area contributed by atoms with Crippen LogP contribution in [0.3, 0.4) is 0 Å². The minimum Gasteiger partial charge on any atom is -0.508 e. The Hall–Kier alpha value is -1.65. The molecule has 0 aliphatic heterocycles. The predicted molar refractivity (Wildman–Crippen MR) is 55.8 cm³/mol. The fourth-order valence-electron chi connectivity index (χ4n) is 2.50. The number of aliphatic carboxylic acids is 1. The predicted octanol–water partition coefficient (Wildman–Crippen LogP) is 2.57. The molecule has 0 bridgehead atoms. The van der Waals surface area contributed by atoms with E-state index in [0.29, 0.717) is 31.7 Å². The van der Waals surface area contributed by atoms with Crippen molar-refractivity contribution in [3.05, 3.63) is 29.3 Å². The van der Waals surface area contributed by atoms with Gasteiger partial charge in [-0.15, -0.1) is 0 Å². The first-order valence-electron chi connectivity index (χ1n) is 5.39. The summed E-state index contributed by atoms with van der Waals surface area (Å²) in [7, 11) is 0. The topological polar surface area (TPSA) is 57.5 Å². The number of phenolic OH excluding ortho intramolecular Hbond substituents is 1. The minimum atomic E-state index is -1.28. The number of carbonyl (C=O) groups is 1. The van der Waals surface area contributed by atoms with Gasteiger partial charge in [-0.3, -0.25) is 4.79 Å². The molecule has 2 rings (SSSR count). The van der Waals surface area contributed by atoms with Crippen LogP contribution < -0.4 is 0 Å². The Labute approximate surface area is 96.7 Å². The molecule has 1 aliphatic carbocycles. The van der Waals surface area contributed by atoms with Crippen molar-refractivity contribution in [3.8, 4) is 5.75 Å². The fraction of sp³-hybridized carbons (Fsp3) is 0.417. The van der Waals surface area contributed by atoms with Crippen LogP contribution in [0.2, 0.25) is 0 Å². The molecule has 1 aromatic carbocycles. The highest BCUT2D eigenvalue weighted by Crippen LogP contribution is 2.45. The number of rotatable bonds is 2. The minimum absolute atomic E-state index is 0.0265. The molecule has 0 spiro atoms. The monoisotopic (exact) mass is 242 g/mol. The summed E-state index contributed by atoms with van der Waals surface area (Å²) in [6, 6.07) is 1.43. The van der Waals surface area contributed by atoms with Crippen LogP contribution in [0.25, 0.3) is 0 Å². The van der Waals surface area contributed by atoms with Gasteiger partial charge in [0.05, 0.1) is 5.41 Å². The van der Waals surface area contributed by atoms with E-state index >= 15 is 0 Å². The summed E-state index contributed by atoms with van der Waals surface area (Å²) in [5.41, 5.74) is -1.31. The summed E-state index contributed by atoms with van der Waals surface area (Å²) >= 11 is 0. The van der Waals surface area contributed by atoms with Gasteiger partial charge in [0.2, 0.25) is 0 Å². The molecular weight excluding hydrogens is 230 g/mol. The first kappa shape index (κ1) is 11.8. The van der Waals surface area contributed by atoms with E-state index in [4.69, 9.17) is 0 Å². The van der Waals surface area contributed by atoms with Crippen molar-refractivity contribution >= 4 is 5.97 Å². The van der Waals surface area contributed by atoms with E-state index in [1.54, 1.807) is 0 Å². The number of hydrogen-bond donors (Lipinski definition) is 2. The Morgan fingerprint density at radius 2 is 1.71 bits per heavy atom. The molecule has 1 fully saturated rings. The van der Waals surface area contributed by atoms with Gasteiger partial charge in [-0.05, 0) is 18.9 Å². The van der Waals surface area contributed by atoms with Crippen molar-refractivity contribution in [3.63, 3.8) is 0 Å². The third-order valence-corrected chi connectivity index (χ3v) is 3.42. The smallest absolute Gasteiger partial charge is 0.314 e. The SMILES string of the molecule is O=C(O)C1(c2cc(F)c(F)cc2O)CCCC1. The molecule has 92 valence electrons. The number of benzene rings is 1. The van der Waals surface area contributed by atoms with Crippen molar-refractivity contribution in [2.45, 2.75) is 31.1 Å². The van der Waals surface area contributed by atoms with Gasteiger partial charge in [0.15, 0.2) is 11.6 Å². The maximum Gasteiger partial charge on any atom is 0.314 e. The average molecular weight is 242 g/mol. The average Bonchev–Trinajstić information content (AvgIpc) is 2.73. The second-order valence-electron chi connectivity index (χ2n) is 4.38. The quantitative estimate of drug-likeness (QED) is 0.837. The third kappa shape index (κ3) is 1.75. The van der Waals surface area contributed by atoms with E-state index in [1.165, 1.54) is 0 Å². The van der Waals surface area contributed by atoms with Crippen molar-refractivity contribution < 1.29 is 23.8 Å². The number of halogens is 2. The molecule has 3 nitrogen and oxygen atoms in total. The van der Waals surface area contributed by atoms with Gasteiger partial charge >= 0.3 is 5.97 Å². The Bertz CT molecular complexity index is 465. The number of aromatic hydroxyl groups is 1. The summed E-state index contributed by atoms with van der Waals surface area (Å²) in [5.74, 6) is -3.90. The van der Waals surface area contributed by atoms with Gasteiger partial charge in [-0.2, -0.15) is 0 Å². The van der Waals surface area contributed by atoms with Crippen LogP contribution in [0.15, 0.2) is 12.1 Å². The van der Waals surface area contributed by atoms with Crippen LogP contribution in [0.4, 0.5) is 8.78 Å². The molecule has 0 heterocycles. The maximum atomic E-state index is 13.2. The van der Waals surface area contributed by atoms with Crippen LogP contribution in [-0.4, -0.2) is 16.2 Å². The van der Waals surface area contributed by atoms with E-state index in [1.807, 2.05) is 0 Å². The van der Waals surface area contributed by atoms with Crippen molar-refractivity contribution in [2.75, 3.05) is 0 Å². The summed E-state index contributed by atoms with van der Waals surface area (Å²) in [4.78, 5) is 11.3. The lowest BCUT2D eigenvalue weighted by Gasteiger charge is -2.25. The lowest BCUT2D eigenvalue weighted by atomic mass is 9.78. The summed E-state index contributed by atoms with van der Waals surface area (Å²) in [5, 5.41) is 18.9. The molecule has 0 atom stereocenters. The Morgan fingerprint density at radius 1 is 1.18 bits per heavy atom. The molecule has 1 saturated carbocycles.